The summed E-state index contributed by atoms with van der Waals surface area (Å²) in [5.74, 6) is -0.789. The van der Waals surface area contributed by atoms with Crippen LogP contribution in [-0.4, -0.2) is 15.9 Å². The highest BCUT2D eigenvalue weighted by Gasteiger charge is 2.07. The van der Waals surface area contributed by atoms with Gasteiger partial charge >= 0.3 is 5.97 Å². The van der Waals surface area contributed by atoms with Crippen LogP contribution in [-0.2, 0) is 4.79 Å². The van der Waals surface area contributed by atoms with Gasteiger partial charge in [-0.2, -0.15) is 0 Å². The zero-order valence-electron chi connectivity index (χ0n) is 4.43. The zero-order chi connectivity index (χ0) is 5.86. The number of hydrogen-bond donors (Lipinski definition) is 1. The first-order valence-corrected chi connectivity index (χ1v) is 2.97. The molecule has 0 spiro atoms. The minimum absolute atomic E-state index is 0. The second kappa shape index (κ2) is 5.38. The van der Waals surface area contributed by atoms with Crippen LogP contribution in [0.15, 0.2) is 0 Å². The molecule has 0 saturated heterocycles. The third-order valence-electron chi connectivity index (χ3n) is 0.626. The summed E-state index contributed by atoms with van der Waals surface area (Å²) >= 11 is 2.94. The molecule has 0 fully saturated rings. The Balaban J connectivity index is 0. The Morgan fingerprint density at radius 2 is 2.25 bits per heavy atom. The van der Waals surface area contributed by atoms with Crippen LogP contribution >= 0.6 is 28.3 Å². The van der Waals surface area contributed by atoms with Gasteiger partial charge in [0.2, 0.25) is 0 Å². The van der Waals surface area contributed by atoms with Gasteiger partial charge < -0.3 is 5.11 Å². The van der Waals surface area contributed by atoms with Crippen LogP contribution in [0, 0.1) is 0 Å². The molecule has 0 bridgehead atoms. The summed E-state index contributed by atoms with van der Waals surface area (Å²) in [6, 6.07) is 0. The molecule has 0 aromatic heterocycles. The molecule has 0 aliphatic carbocycles. The van der Waals surface area contributed by atoms with Crippen molar-refractivity contribution in [2.75, 3.05) is 0 Å². The highest BCUT2D eigenvalue weighted by atomic mass is 79.9. The Labute approximate surface area is 62.8 Å². The number of carboxylic acids is 1. The Morgan fingerprint density at radius 1 is 1.88 bits per heavy atom. The summed E-state index contributed by atoms with van der Waals surface area (Å²) in [4.78, 5) is 9.52. The quantitative estimate of drug-likeness (QED) is 0.693. The summed E-state index contributed by atoms with van der Waals surface area (Å²) in [6.45, 7) is 1.81. The molecule has 50 valence electrons. The highest BCUT2D eigenvalue weighted by Crippen LogP contribution is 2.02. The molecule has 0 amide bonds. The van der Waals surface area contributed by atoms with Crippen LogP contribution in [0.3, 0.4) is 0 Å². The van der Waals surface area contributed by atoms with Gasteiger partial charge in [0.05, 0.1) is 0 Å². The first-order chi connectivity index (χ1) is 3.18. The maximum absolute atomic E-state index is 9.88. The minimum atomic E-state index is -0.789. The maximum atomic E-state index is 9.88. The van der Waals surface area contributed by atoms with Crippen molar-refractivity contribution in [1.82, 2.24) is 0 Å². The summed E-state index contributed by atoms with van der Waals surface area (Å²) < 4.78 is 0. The molecule has 0 saturated carbocycles. The number of carboxylic acid groups (broad SMARTS) is 1. The number of halogens is 2. The fraction of sp³-hybridized carbons (Fsp3) is 0.750. The van der Waals surface area contributed by atoms with E-state index >= 15 is 0 Å². The largest absolute Gasteiger partial charge is 0.480 e. The third kappa shape index (κ3) is 4.40. The molecule has 0 heterocycles. The number of alkyl halides is 1. The normalized spacial score (nSPS) is 11.8. The van der Waals surface area contributed by atoms with E-state index in [1.165, 1.54) is 0 Å². The summed E-state index contributed by atoms with van der Waals surface area (Å²) in [5, 5.41) is 8.14. The van der Waals surface area contributed by atoms with Crippen molar-refractivity contribution in [2.24, 2.45) is 0 Å². The molecule has 4 heteroatoms. The molecule has 1 unspecified atom stereocenters. The molecule has 0 aromatic carbocycles. The van der Waals surface area contributed by atoms with E-state index in [0.29, 0.717) is 6.42 Å². The van der Waals surface area contributed by atoms with E-state index in [1.54, 1.807) is 0 Å². The Bertz CT molecular complexity index is 76.4. The van der Waals surface area contributed by atoms with E-state index in [1.807, 2.05) is 6.92 Å². The molecule has 1 atom stereocenters. The second-order valence-corrected chi connectivity index (χ2v) is 2.32. The molecule has 8 heavy (non-hydrogen) atoms. The lowest BCUT2D eigenvalue weighted by Crippen LogP contribution is -2.09. The average molecular weight is 203 g/mol. The monoisotopic (exact) mass is 202 g/mol. The first kappa shape index (κ1) is 11.1. The molecule has 0 aliphatic heterocycles. The van der Waals surface area contributed by atoms with Gasteiger partial charge in [0.1, 0.15) is 4.83 Å². The van der Waals surface area contributed by atoms with Crippen LogP contribution < -0.4 is 0 Å². The van der Waals surface area contributed by atoms with E-state index in [2.05, 4.69) is 15.9 Å². The SMILES string of the molecule is CCC(Br)C(=O)O.Cl. The number of rotatable bonds is 2. The predicted molar refractivity (Wildman–Crippen MR) is 37.9 cm³/mol. The minimum Gasteiger partial charge on any atom is -0.480 e. The van der Waals surface area contributed by atoms with Crippen LogP contribution in [0.4, 0.5) is 0 Å². The fourth-order valence-electron chi connectivity index (χ4n) is 0.175. The number of carbonyl (C=O) groups is 1. The standard InChI is InChI=1S/C4H7BrO2.ClH/c1-2-3(5)4(6)7;/h3H,2H2,1H3,(H,6,7);1H. The topological polar surface area (TPSA) is 37.3 Å². The Morgan fingerprint density at radius 3 is 2.25 bits per heavy atom. The van der Waals surface area contributed by atoms with Crippen LogP contribution in [0.2, 0.25) is 0 Å². The van der Waals surface area contributed by atoms with Gasteiger partial charge in [0.25, 0.3) is 0 Å². The van der Waals surface area contributed by atoms with Crippen molar-refractivity contribution in [2.45, 2.75) is 18.2 Å². The fourth-order valence-corrected chi connectivity index (χ4v) is 0.175. The smallest absolute Gasteiger partial charge is 0.317 e. The van der Waals surface area contributed by atoms with Gasteiger partial charge in [0, 0.05) is 0 Å². The first-order valence-electron chi connectivity index (χ1n) is 2.05. The van der Waals surface area contributed by atoms with E-state index < -0.39 is 5.97 Å². The lowest BCUT2D eigenvalue weighted by molar-refractivity contribution is -0.136. The molecular weight excluding hydrogens is 195 g/mol. The van der Waals surface area contributed by atoms with Gasteiger partial charge in [-0.3, -0.25) is 4.79 Å². The van der Waals surface area contributed by atoms with Gasteiger partial charge in [-0.1, -0.05) is 22.9 Å². The molecule has 2 nitrogen and oxygen atoms in total. The second-order valence-electron chi connectivity index (χ2n) is 1.21. The van der Waals surface area contributed by atoms with Gasteiger partial charge in [0.15, 0.2) is 0 Å². The van der Waals surface area contributed by atoms with E-state index in [-0.39, 0.29) is 17.2 Å². The zero-order valence-corrected chi connectivity index (χ0v) is 6.83. The average Bonchev–Trinajstić information content (AvgIpc) is 1.65. The lowest BCUT2D eigenvalue weighted by atomic mass is 10.3. The molecule has 0 radical (unpaired) electrons. The van der Waals surface area contributed by atoms with Crippen molar-refractivity contribution in [1.29, 1.82) is 0 Å². The van der Waals surface area contributed by atoms with Crippen molar-refractivity contribution >= 4 is 34.3 Å². The van der Waals surface area contributed by atoms with Crippen LogP contribution in [0.25, 0.3) is 0 Å². The van der Waals surface area contributed by atoms with Crippen molar-refractivity contribution < 1.29 is 9.90 Å². The Kier molecular flexibility index (Phi) is 7.46. The highest BCUT2D eigenvalue weighted by molar-refractivity contribution is 9.10. The van der Waals surface area contributed by atoms with Gasteiger partial charge in [-0.25, -0.2) is 0 Å². The third-order valence-corrected chi connectivity index (χ3v) is 1.67. The van der Waals surface area contributed by atoms with E-state index in [9.17, 15) is 4.79 Å². The van der Waals surface area contributed by atoms with E-state index in [0.717, 1.165) is 0 Å². The summed E-state index contributed by atoms with van der Waals surface area (Å²) in [5.41, 5.74) is 0. The van der Waals surface area contributed by atoms with Crippen molar-refractivity contribution in [3.8, 4) is 0 Å². The number of hydrogen-bond acceptors (Lipinski definition) is 1. The van der Waals surface area contributed by atoms with Crippen LogP contribution in [0.1, 0.15) is 13.3 Å². The summed E-state index contributed by atoms with van der Waals surface area (Å²) in [6.07, 6.45) is 0.634. The Hall–Kier alpha value is 0.240. The van der Waals surface area contributed by atoms with Gasteiger partial charge in [-0.15, -0.1) is 12.4 Å². The molecule has 1 N–H and O–H groups in total. The maximum Gasteiger partial charge on any atom is 0.317 e. The van der Waals surface area contributed by atoms with Crippen molar-refractivity contribution in [3.63, 3.8) is 0 Å². The van der Waals surface area contributed by atoms with E-state index in [4.69, 9.17) is 5.11 Å². The molecular formula is C4H8BrClO2. The van der Waals surface area contributed by atoms with Gasteiger partial charge in [-0.05, 0) is 6.42 Å². The molecule has 0 rings (SSSR count). The summed E-state index contributed by atoms with van der Waals surface area (Å²) in [7, 11) is 0. The van der Waals surface area contributed by atoms with Crippen LogP contribution in [0.5, 0.6) is 0 Å². The van der Waals surface area contributed by atoms with Crippen molar-refractivity contribution in [3.05, 3.63) is 0 Å². The number of aliphatic carboxylic acids is 1. The molecule has 0 aromatic rings. The lowest BCUT2D eigenvalue weighted by Gasteiger charge is -1.94. The molecule has 0 aliphatic rings. The predicted octanol–water partition coefficient (Wildman–Crippen LogP) is 1.67.